The molecule has 8 heteroatoms. The largest absolute Gasteiger partial charge is 0.340 e. The van der Waals surface area contributed by atoms with E-state index in [0.29, 0.717) is 0 Å². The van der Waals surface area contributed by atoms with E-state index >= 15 is 0 Å². The summed E-state index contributed by atoms with van der Waals surface area (Å²) in [7, 11) is 0. The zero-order valence-corrected chi connectivity index (χ0v) is 15.7. The van der Waals surface area contributed by atoms with Crippen LogP contribution >= 0.6 is 11.8 Å². The lowest BCUT2D eigenvalue weighted by Crippen LogP contribution is -2.42. The molecular formula is C18H22N4O3S. The number of carbonyl (C=O) groups excluding carboxylic acids is 1. The van der Waals surface area contributed by atoms with Crippen LogP contribution in [0.1, 0.15) is 38.1 Å². The first-order valence-corrected chi connectivity index (χ1v) is 9.93. The van der Waals surface area contributed by atoms with E-state index in [1.807, 2.05) is 18.1 Å². The smallest absolute Gasteiger partial charge is 0.269 e. The van der Waals surface area contributed by atoms with E-state index in [1.54, 1.807) is 30.1 Å². The van der Waals surface area contributed by atoms with Crippen molar-refractivity contribution in [2.45, 2.75) is 37.5 Å². The van der Waals surface area contributed by atoms with Crippen LogP contribution in [0.5, 0.6) is 0 Å². The van der Waals surface area contributed by atoms with E-state index in [4.69, 9.17) is 0 Å². The van der Waals surface area contributed by atoms with Gasteiger partial charge in [-0.3, -0.25) is 14.9 Å². The van der Waals surface area contributed by atoms with Crippen molar-refractivity contribution < 1.29 is 9.72 Å². The minimum absolute atomic E-state index is 0.0438. The normalized spacial score (nSPS) is 18.5. The van der Waals surface area contributed by atoms with Gasteiger partial charge in [0.1, 0.15) is 5.82 Å². The third-order valence-corrected chi connectivity index (χ3v) is 5.70. The molecule has 1 amide bonds. The van der Waals surface area contributed by atoms with Crippen LogP contribution in [0.3, 0.4) is 0 Å². The van der Waals surface area contributed by atoms with Gasteiger partial charge in [0, 0.05) is 24.2 Å². The summed E-state index contributed by atoms with van der Waals surface area (Å²) in [4.78, 5) is 32.8. The number of amides is 1. The van der Waals surface area contributed by atoms with E-state index in [1.165, 1.54) is 12.1 Å². The number of benzene rings is 1. The van der Waals surface area contributed by atoms with Crippen molar-refractivity contribution in [2.24, 2.45) is 0 Å². The highest BCUT2D eigenvalue weighted by Gasteiger charge is 2.32. The maximum Gasteiger partial charge on any atom is 0.269 e. The number of nitro benzene ring substituents is 1. The number of nitrogens with zero attached hydrogens (tertiary/aromatic N) is 3. The summed E-state index contributed by atoms with van der Waals surface area (Å²) in [6, 6.07) is 6.32. The molecule has 0 spiro atoms. The van der Waals surface area contributed by atoms with Crippen molar-refractivity contribution in [2.75, 3.05) is 12.8 Å². The lowest BCUT2D eigenvalue weighted by Gasteiger charge is -2.36. The Morgan fingerprint density at radius 3 is 2.77 bits per heavy atom. The van der Waals surface area contributed by atoms with Crippen molar-refractivity contribution in [3.05, 3.63) is 46.4 Å². The van der Waals surface area contributed by atoms with Crippen molar-refractivity contribution in [1.29, 1.82) is 0 Å². The minimum Gasteiger partial charge on any atom is -0.340 e. The molecule has 0 radical (unpaired) electrons. The molecule has 0 saturated carbocycles. The summed E-state index contributed by atoms with van der Waals surface area (Å²) in [6.45, 7) is 2.69. The number of non-ortho nitro benzene ring substituents is 1. The molecule has 26 heavy (non-hydrogen) atoms. The molecule has 2 unspecified atom stereocenters. The zero-order chi connectivity index (χ0) is 18.7. The fourth-order valence-corrected chi connectivity index (χ4v) is 3.57. The lowest BCUT2D eigenvalue weighted by molar-refractivity contribution is -0.384. The number of hydrogen-bond donors (Lipinski definition) is 1. The van der Waals surface area contributed by atoms with Gasteiger partial charge in [-0.1, -0.05) is 0 Å². The van der Waals surface area contributed by atoms with Gasteiger partial charge in [-0.25, -0.2) is 4.98 Å². The number of aromatic amines is 1. The van der Waals surface area contributed by atoms with Gasteiger partial charge in [0.25, 0.3) is 5.69 Å². The van der Waals surface area contributed by atoms with Gasteiger partial charge in [0.15, 0.2) is 0 Å². The molecule has 1 aromatic heterocycles. The summed E-state index contributed by atoms with van der Waals surface area (Å²) in [6.07, 6.45) is 6.64. The predicted molar refractivity (Wildman–Crippen MR) is 102 cm³/mol. The summed E-state index contributed by atoms with van der Waals surface area (Å²) in [5.41, 5.74) is 1.69. The van der Waals surface area contributed by atoms with Crippen molar-refractivity contribution in [1.82, 2.24) is 14.9 Å². The number of thioether (sulfide) groups is 1. The Morgan fingerprint density at radius 2 is 2.12 bits per heavy atom. The second kappa shape index (κ2) is 7.90. The number of imidazole rings is 1. The third kappa shape index (κ3) is 3.75. The van der Waals surface area contributed by atoms with Crippen LogP contribution in [0.15, 0.2) is 30.5 Å². The van der Waals surface area contributed by atoms with Gasteiger partial charge in [-0.2, -0.15) is 11.8 Å². The molecule has 1 N–H and O–H groups in total. The maximum absolute atomic E-state index is 12.7. The molecular weight excluding hydrogens is 352 g/mol. The number of H-pyrrole nitrogens is 1. The number of nitro groups is 1. The number of nitrogens with one attached hydrogen (secondary N) is 1. The van der Waals surface area contributed by atoms with E-state index in [-0.39, 0.29) is 22.9 Å². The number of carbonyl (C=O) groups is 1. The first kappa shape index (κ1) is 18.4. The van der Waals surface area contributed by atoms with Gasteiger partial charge in [-0.15, -0.1) is 0 Å². The molecule has 2 aromatic rings. The second-order valence-corrected chi connectivity index (χ2v) is 7.59. The third-order valence-electron chi connectivity index (χ3n) is 4.79. The SMILES string of the molecule is CSC(C)C(=O)N1CCCCC1c1ncc(-c2ccc([N+](=O)[O-])cc2)[nH]1. The maximum atomic E-state index is 12.7. The topological polar surface area (TPSA) is 92.1 Å². The van der Waals surface area contributed by atoms with Crippen LogP contribution in [0, 0.1) is 10.1 Å². The molecule has 3 rings (SSSR count). The summed E-state index contributed by atoms with van der Waals surface area (Å²) in [5, 5.41) is 10.7. The molecule has 2 heterocycles. The van der Waals surface area contributed by atoms with Crippen LogP contribution in [0.25, 0.3) is 11.3 Å². The van der Waals surface area contributed by atoms with Crippen LogP contribution in [-0.2, 0) is 4.79 Å². The van der Waals surface area contributed by atoms with Gasteiger partial charge in [0.05, 0.1) is 28.1 Å². The Balaban J connectivity index is 1.83. The van der Waals surface area contributed by atoms with Gasteiger partial charge < -0.3 is 9.88 Å². The van der Waals surface area contributed by atoms with E-state index < -0.39 is 4.92 Å². The number of likely N-dealkylation sites (tertiary alicyclic amines) is 1. The van der Waals surface area contributed by atoms with Crippen molar-refractivity contribution >= 4 is 23.4 Å². The lowest BCUT2D eigenvalue weighted by atomic mass is 10.0. The summed E-state index contributed by atoms with van der Waals surface area (Å²) in [5.74, 6) is 0.926. The molecule has 1 aliphatic heterocycles. The average Bonchev–Trinajstić information content (AvgIpc) is 3.17. The number of piperidine rings is 1. The second-order valence-electron chi connectivity index (χ2n) is 6.41. The first-order valence-electron chi connectivity index (χ1n) is 8.64. The highest BCUT2D eigenvalue weighted by atomic mass is 32.2. The molecule has 2 atom stereocenters. The molecule has 1 aliphatic rings. The van der Waals surface area contributed by atoms with Gasteiger partial charge in [-0.05, 0) is 44.6 Å². The van der Waals surface area contributed by atoms with E-state index in [0.717, 1.165) is 42.9 Å². The van der Waals surface area contributed by atoms with Crippen LogP contribution < -0.4 is 0 Å². The predicted octanol–water partition coefficient (Wildman–Crippen LogP) is 3.79. The van der Waals surface area contributed by atoms with E-state index in [9.17, 15) is 14.9 Å². The first-order chi connectivity index (χ1) is 12.5. The number of rotatable bonds is 5. The summed E-state index contributed by atoms with van der Waals surface area (Å²) >= 11 is 1.55. The Hall–Kier alpha value is -2.35. The minimum atomic E-state index is -0.416. The Labute approximate surface area is 156 Å². The summed E-state index contributed by atoms with van der Waals surface area (Å²) < 4.78 is 0. The molecule has 1 aromatic carbocycles. The Kier molecular flexibility index (Phi) is 5.61. The molecule has 0 bridgehead atoms. The van der Waals surface area contributed by atoms with Crippen LogP contribution in [0.4, 0.5) is 5.69 Å². The van der Waals surface area contributed by atoms with Crippen molar-refractivity contribution in [3.63, 3.8) is 0 Å². The highest BCUT2D eigenvalue weighted by molar-refractivity contribution is 7.99. The fraction of sp³-hybridized carbons (Fsp3) is 0.444. The van der Waals surface area contributed by atoms with Crippen LogP contribution in [0.2, 0.25) is 0 Å². The van der Waals surface area contributed by atoms with Gasteiger partial charge >= 0.3 is 0 Å². The average molecular weight is 374 g/mol. The molecule has 138 valence electrons. The zero-order valence-electron chi connectivity index (χ0n) is 14.8. The Bertz CT molecular complexity index is 790. The quantitative estimate of drug-likeness (QED) is 0.635. The highest BCUT2D eigenvalue weighted by Crippen LogP contribution is 2.32. The molecule has 1 saturated heterocycles. The molecule has 1 fully saturated rings. The van der Waals surface area contributed by atoms with Crippen LogP contribution in [-0.4, -0.2) is 43.7 Å². The Morgan fingerprint density at radius 1 is 1.38 bits per heavy atom. The molecule has 7 nitrogen and oxygen atoms in total. The monoisotopic (exact) mass is 374 g/mol. The van der Waals surface area contributed by atoms with Crippen molar-refractivity contribution in [3.8, 4) is 11.3 Å². The number of hydrogen-bond acceptors (Lipinski definition) is 5. The van der Waals surface area contributed by atoms with Gasteiger partial charge in [0.2, 0.25) is 5.91 Å². The fourth-order valence-electron chi connectivity index (χ4n) is 3.23. The van der Waals surface area contributed by atoms with E-state index in [2.05, 4.69) is 9.97 Å². The standard InChI is InChI=1S/C18H22N4O3S/c1-12(26-2)18(23)21-10-4-3-5-16(21)17-19-11-15(20-17)13-6-8-14(9-7-13)22(24)25/h6-9,11-12,16H,3-5,10H2,1-2H3,(H,19,20). The molecule has 0 aliphatic carbocycles. The number of aromatic nitrogens is 2.